The summed E-state index contributed by atoms with van der Waals surface area (Å²) in [6, 6.07) is 2.33. The van der Waals surface area contributed by atoms with Crippen molar-refractivity contribution in [3.8, 4) is 5.75 Å². The molecule has 0 fully saturated rings. The van der Waals surface area contributed by atoms with Crippen molar-refractivity contribution in [1.29, 1.82) is 0 Å². The zero-order valence-electron chi connectivity index (χ0n) is 7.93. The Kier molecular flexibility index (Phi) is 4.42. The Labute approximate surface area is 91.3 Å². The summed E-state index contributed by atoms with van der Waals surface area (Å²) in [5.74, 6) is -0.773. The molecule has 0 unspecified atom stereocenters. The van der Waals surface area contributed by atoms with E-state index in [2.05, 4.69) is 0 Å². The molecule has 0 amide bonds. The molecular weight excluding hydrogens is 231 g/mol. The number of aromatic hydroxyl groups is 1. The minimum atomic E-state index is -4.54. The largest absolute Gasteiger partial charge is 0.507 e. The lowest BCUT2D eigenvalue weighted by atomic mass is 10.0. The predicted molar refractivity (Wildman–Crippen MR) is 53.0 cm³/mol. The summed E-state index contributed by atoms with van der Waals surface area (Å²) in [6.45, 7) is 1.41. The fraction of sp³-hybridized carbons (Fsp3) is 0.333. The molecule has 0 radical (unpaired) electrons. The molecule has 0 aliphatic rings. The van der Waals surface area contributed by atoms with Crippen LogP contribution in [0.5, 0.6) is 5.75 Å². The van der Waals surface area contributed by atoms with Crippen LogP contribution in [0.3, 0.4) is 0 Å². The van der Waals surface area contributed by atoms with Crippen LogP contribution in [-0.2, 0) is 12.7 Å². The molecule has 0 spiro atoms. The van der Waals surface area contributed by atoms with E-state index in [0.29, 0.717) is 5.56 Å². The minimum absolute atomic E-state index is 0. The average Bonchev–Trinajstić information content (AvgIpc) is 2.06. The van der Waals surface area contributed by atoms with Crippen LogP contribution in [0, 0.1) is 6.92 Å². The van der Waals surface area contributed by atoms with Crippen LogP contribution in [0.15, 0.2) is 12.1 Å². The van der Waals surface area contributed by atoms with Crippen molar-refractivity contribution in [1.82, 2.24) is 0 Å². The number of phenolic OH excluding ortho intramolecular Hbond substituents is 1. The van der Waals surface area contributed by atoms with Gasteiger partial charge in [0.1, 0.15) is 5.75 Å². The summed E-state index contributed by atoms with van der Waals surface area (Å²) < 4.78 is 37.0. The molecule has 0 aliphatic heterocycles. The first-order valence-electron chi connectivity index (χ1n) is 3.96. The number of hydrogen-bond donors (Lipinski definition) is 2. The zero-order valence-corrected chi connectivity index (χ0v) is 8.75. The first-order valence-corrected chi connectivity index (χ1v) is 3.96. The highest BCUT2D eigenvalue weighted by molar-refractivity contribution is 5.85. The lowest BCUT2D eigenvalue weighted by molar-refractivity contribution is -0.138. The molecule has 1 rings (SSSR count). The molecule has 0 bridgehead atoms. The lowest BCUT2D eigenvalue weighted by Gasteiger charge is -2.12. The zero-order chi connectivity index (χ0) is 10.9. The van der Waals surface area contributed by atoms with Crippen LogP contribution >= 0.6 is 12.4 Å². The summed E-state index contributed by atoms with van der Waals surface area (Å²) >= 11 is 0. The Balaban J connectivity index is 0.00000196. The van der Waals surface area contributed by atoms with Gasteiger partial charge in [0.2, 0.25) is 0 Å². The summed E-state index contributed by atoms with van der Waals surface area (Å²) in [6.07, 6.45) is -4.54. The molecule has 0 aliphatic carbocycles. The van der Waals surface area contributed by atoms with Gasteiger partial charge in [0.25, 0.3) is 0 Å². The summed E-state index contributed by atoms with van der Waals surface area (Å²) in [5.41, 5.74) is 4.71. The molecule has 2 nitrogen and oxygen atoms in total. The van der Waals surface area contributed by atoms with Gasteiger partial charge in [-0.3, -0.25) is 0 Å². The van der Waals surface area contributed by atoms with E-state index in [1.54, 1.807) is 0 Å². The molecule has 86 valence electrons. The van der Waals surface area contributed by atoms with Gasteiger partial charge in [0, 0.05) is 12.1 Å². The van der Waals surface area contributed by atoms with Gasteiger partial charge in [-0.2, -0.15) is 13.2 Å². The second-order valence-corrected chi connectivity index (χ2v) is 3.02. The quantitative estimate of drug-likeness (QED) is 0.794. The van der Waals surface area contributed by atoms with Crippen molar-refractivity contribution in [2.45, 2.75) is 19.6 Å². The second kappa shape index (κ2) is 4.72. The van der Waals surface area contributed by atoms with Crippen molar-refractivity contribution in [3.63, 3.8) is 0 Å². The van der Waals surface area contributed by atoms with Gasteiger partial charge in [-0.1, -0.05) is 6.07 Å². The molecule has 6 heteroatoms. The monoisotopic (exact) mass is 241 g/mol. The molecule has 1 aromatic rings. The summed E-state index contributed by atoms with van der Waals surface area (Å²) in [5, 5.41) is 9.25. The lowest BCUT2D eigenvalue weighted by Crippen LogP contribution is -2.08. The summed E-state index contributed by atoms with van der Waals surface area (Å²) in [4.78, 5) is 0. The highest BCUT2D eigenvalue weighted by Gasteiger charge is 2.34. The highest BCUT2D eigenvalue weighted by atomic mass is 35.5. The smallest absolute Gasteiger partial charge is 0.419 e. The number of halogens is 4. The van der Waals surface area contributed by atoms with Gasteiger partial charge in [0.15, 0.2) is 0 Å². The number of benzene rings is 1. The summed E-state index contributed by atoms with van der Waals surface area (Å²) in [7, 11) is 0. The first-order chi connectivity index (χ1) is 6.36. The SMILES string of the molecule is Cc1cc(CN)c(O)c(C(F)(F)F)c1.Cl. The van der Waals surface area contributed by atoms with Gasteiger partial charge in [-0.05, 0) is 18.6 Å². The maximum atomic E-state index is 12.3. The van der Waals surface area contributed by atoms with Crippen molar-refractivity contribution >= 4 is 12.4 Å². The van der Waals surface area contributed by atoms with E-state index in [0.717, 1.165) is 6.07 Å². The molecular formula is C9H11ClF3NO. The van der Waals surface area contributed by atoms with Crippen molar-refractivity contribution in [2.24, 2.45) is 5.73 Å². The number of alkyl halides is 3. The molecule has 0 saturated carbocycles. The number of nitrogens with two attached hydrogens (primary N) is 1. The Hall–Kier alpha value is -0.940. The Morgan fingerprint density at radius 3 is 2.27 bits per heavy atom. The first kappa shape index (κ1) is 14.1. The van der Waals surface area contributed by atoms with Crippen LogP contribution in [0.25, 0.3) is 0 Å². The third-order valence-electron chi connectivity index (χ3n) is 1.86. The maximum absolute atomic E-state index is 12.3. The van der Waals surface area contributed by atoms with Crippen molar-refractivity contribution in [3.05, 3.63) is 28.8 Å². The van der Waals surface area contributed by atoms with Crippen LogP contribution < -0.4 is 5.73 Å². The number of rotatable bonds is 1. The van der Waals surface area contributed by atoms with Gasteiger partial charge in [0.05, 0.1) is 5.56 Å². The van der Waals surface area contributed by atoms with E-state index in [4.69, 9.17) is 5.73 Å². The highest BCUT2D eigenvalue weighted by Crippen LogP contribution is 2.38. The average molecular weight is 242 g/mol. The van der Waals surface area contributed by atoms with Crippen LogP contribution in [0.2, 0.25) is 0 Å². The second-order valence-electron chi connectivity index (χ2n) is 3.02. The topological polar surface area (TPSA) is 46.2 Å². The van der Waals surface area contributed by atoms with Gasteiger partial charge in [-0.15, -0.1) is 12.4 Å². The number of aryl methyl sites for hydroxylation is 1. The van der Waals surface area contributed by atoms with Gasteiger partial charge < -0.3 is 10.8 Å². The Bertz CT molecular complexity index is 352. The fourth-order valence-corrected chi connectivity index (χ4v) is 1.23. The maximum Gasteiger partial charge on any atom is 0.419 e. The minimum Gasteiger partial charge on any atom is -0.507 e. The molecule has 0 heterocycles. The molecule has 0 saturated heterocycles. The van der Waals surface area contributed by atoms with Gasteiger partial charge in [-0.25, -0.2) is 0 Å². The van der Waals surface area contributed by atoms with Crippen LogP contribution in [0.1, 0.15) is 16.7 Å². The van der Waals surface area contributed by atoms with Crippen molar-refractivity contribution in [2.75, 3.05) is 0 Å². The Morgan fingerprint density at radius 1 is 1.33 bits per heavy atom. The Morgan fingerprint density at radius 2 is 1.87 bits per heavy atom. The van der Waals surface area contributed by atoms with E-state index in [-0.39, 0.29) is 24.5 Å². The van der Waals surface area contributed by atoms with Crippen LogP contribution in [0.4, 0.5) is 13.2 Å². The molecule has 0 aromatic heterocycles. The van der Waals surface area contributed by atoms with Crippen LogP contribution in [-0.4, -0.2) is 5.11 Å². The third kappa shape index (κ3) is 3.00. The van der Waals surface area contributed by atoms with E-state index < -0.39 is 17.5 Å². The third-order valence-corrected chi connectivity index (χ3v) is 1.86. The van der Waals surface area contributed by atoms with Gasteiger partial charge >= 0.3 is 6.18 Å². The molecule has 1 aromatic carbocycles. The van der Waals surface area contributed by atoms with E-state index in [9.17, 15) is 18.3 Å². The standard InChI is InChI=1S/C9H10F3NO.ClH/c1-5-2-6(4-13)8(14)7(3-5)9(10,11)12;/h2-3,14H,4,13H2,1H3;1H. The van der Waals surface area contributed by atoms with Crippen molar-refractivity contribution < 1.29 is 18.3 Å². The molecule has 15 heavy (non-hydrogen) atoms. The predicted octanol–water partition coefficient (Wildman–Crippen LogP) is 2.60. The fourth-order valence-electron chi connectivity index (χ4n) is 1.23. The number of phenols is 1. The van der Waals surface area contributed by atoms with E-state index in [1.165, 1.54) is 13.0 Å². The number of hydrogen-bond acceptors (Lipinski definition) is 2. The van der Waals surface area contributed by atoms with E-state index in [1.807, 2.05) is 0 Å². The molecule has 3 N–H and O–H groups in total. The normalized spacial score (nSPS) is 11.0. The molecule has 0 atom stereocenters. The van der Waals surface area contributed by atoms with E-state index >= 15 is 0 Å².